The minimum Gasteiger partial charge on any atom is -0.352 e. The van der Waals surface area contributed by atoms with Crippen LogP contribution in [0.15, 0.2) is 42.5 Å². The second kappa shape index (κ2) is 13.0. The topological polar surface area (TPSA) is 130 Å². The van der Waals surface area contributed by atoms with Crippen LogP contribution in [0.2, 0.25) is 0 Å². The van der Waals surface area contributed by atoms with Crippen molar-refractivity contribution < 1.29 is 27.3 Å². The van der Waals surface area contributed by atoms with Crippen LogP contribution in [0.3, 0.4) is 0 Å². The van der Waals surface area contributed by atoms with E-state index in [2.05, 4.69) is 5.32 Å². The van der Waals surface area contributed by atoms with Crippen LogP contribution in [-0.4, -0.2) is 54.9 Å². The third-order valence-electron chi connectivity index (χ3n) is 6.96. The van der Waals surface area contributed by atoms with Gasteiger partial charge in [-0.05, 0) is 49.4 Å². The van der Waals surface area contributed by atoms with Gasteiger partial charge in [0.2, 0.25) is 21.8 Å². The van der Waals surface area contributed by atoms with Crippen LogP contribution in [0.4, 0.5) is 15.8 Å². The smallest absolute Gasteiger partial charge is 0.271 e. The monoisotopic (exact) mass is 562 g/mol. The van der Waals surface area contributed by atoms with Crippen molar-refractivity contribution in [1.29, 1.82) is 0 Å². The van der Waals surface area contributed by atoms with Crippen molar-refractivity contribution >= 4 is 33.2 Å². The Morgan fingerprint density at radius 2 is 1.77 bits per heavy atom. The first-order chi connectivity index (χ1) is 18.4. The Morgan fingerprint density at radius 1 is 1.13 bits per heavy atom. The summed E-state index contributed by atoms with van der Waals surface area (Å²) in [6.45, 7) is 2.62. The molecule has 1 aliphatic rings. The number of hydrogen-bond donors (Lipinski definition) is 1. The predicted molar refractivity (Wildman–Crippen MR) is 146 cm³/mol. The summed E-state index contributed by atoms with van der Waals surface area (Å²) < 4.78 is 40.0. The number of rotatable bonds is 11. The molecule has 1 N–H and O–H groups in total. The molecule has 1 aliphatic carbocycles. The lowest BCUT2D eigenvalue weighted by Gasteiger charge is -2.34. The average Bonchev–Trinajstić information content (AvgIpc) is 2.88. The number of non-ortho nitro benzene ring substituents is 1. The minimum atomic E-state index is -4.05. The third-order valence-corrected chi connectivity index (χ3v) is 8.08. The van der Waals surface area contributed by atoms with Gasteiger partial charge >= 0.3 is 0 Å². The van der Waals surface area contributed by atoms with Crippen molar-refractivity contribution in [3.05, 3.63) is 69.5 Å². The van der Waals surface area contributed by atoms with E-state index in [1.165, 1.54) is 41.3 Å². The second-order valence-corrected chi connectivity index (χ2v) is 11.8. The van der Waals surface area contributed by atoms with Crippen molar-refractivity contribution in [1.82, 2.24) is 10.2 Å². The van der Waals surface area contributed by atoms with E-state index >= 15 is 0 Å². The van der Waals surface area contributed by atoms with Gasteiger partial charge in [-0.3, -0.25) is 24.0 Å². The number of sulfonamides is 1. The zero-order valence-electron chi connectivity index (χ0n) is 22.4. The molecule has 0 aliphatic heterocycles. The molecule has 10 nitrogen and oxygen atoms in total. The number of aryl methyl sites for hydroxylation is 1. The maximum absolute atomic E-state index is 13.8. The van der Waals surface area contributed by atoms with Crippen LogP contribution < -0.4 is 9.62 Å². The first kappa shape index (κ1) is 30.0. The van der Waals surface area contributed by atoms with Gasteiger partial charge in [-0.25, -0.2) is 12.8 Å². The summed E-state index contributed by atoms with van der Waals surface area (Å²) in [7, 11) is -4.05. The molecule has 1 atom stereocenters. The minimum absolute atomic E-state index is 0.00138. The molecule has 0 saturated heterocycles. The van der Waals surface area contributed by atoms with Crippen molar-refractivity contribution in [2.75, 3.05) is 17.1 Å². The van der Waals surface area contributed by atoms with E-state index in [1.54, 1.807) is 13.8 Å². The average molecular weight is 563 g/mol. The van der Waals surface area contributed by atoms with Crippen LogP contribution in [0.5, 0.6) is 0 Å². The van der Waals surface area contributed by atoms with E-state index in [-0.39, 0.29) is 36.3 Å². The fourth-order valence-corrected chi connectivity index (χ4v) is 5.72. The summed E-state index contributed by atoms with van der Waals surface area (Å²) in [5, 5.41) is 14.4. The van der Waals surface area contributed by atoms with Crippen LogP contribution in [0.25, 0.3) is 0 Å². The van der Waals surface area contributed by atoms with E-state index in [0.29, 0.717) is 11.1 Å². The van der Waals surface area contributed by atoms with Gasteiger partial charge in [0.25, 0.3) is 5.69 Å². The molecule has 0 heterocycles. The highest BCUT2D eigenvalue weighted by molar-refractivity contribution is 7.92. The lowest BCUT2D eigenvalue weighted by atomic mass is 9.95. The van der Waals surface area contributed by atoms with Crippen LogP contribution in [0, 0.1) is 22.9 Å². The van der Waals surface area contributed by atoms with Gasteiger partial charge in [0.15, 0.2) is 0 Å². The molecule has 1 fully saturated rings. The number of nitrogens with zero attached hydrogens (tertiary/aromatic N) is 3. The molecule has 3 rings (SSSR count). The SMILES string of the molecule is CC[C@@H](C(=O)NC1CCCCC1)N(Cc1ccc(F)cc1)C(=O)CN(c1cc([N+](=O)[O-])ccc1C)S(C)(=O)=O. The number of hydrogen-bond acceptors (Lipinski definition) is 6. The van der Waals surface area contributed by atoms with Crippen molar-refractivity contribution in [2.45, 2.75) is 71.0 Å². The van der Waals surface area contributed by atoms with Gasteiger partial charge in [-0.1, -0.05) is 44.4 Å². The lowest BCUT2D eigenvalue weighted by molar-refractivity contribution is -0.384. The number of nitrogens with one attached hydrogen (secondary N) is 1. The first-order valence-electron chi connectivity index (χ1n) is 13.0. The third kappa shape index (κ3) is 7.98. The van der Waals surface area contributed by atoms with Gasteiger partial charge in [0, 0.05) is 24.7 Å². The highest BCUT2D eigenvalue weighted by Crippen LogP contribution is 2.28. The molecule has 39 heavy (non-hydrogen) atoms. The van der Waals surface area contributed by atoms with Gasteiger partial charge in [0.1, 0.15) is 18.4 Å². The molecule has 0 radical (unpaired) electrons. The van der Waals surface area contributed by atoms with Gasteiger partial charge in [-0.2, -0.15) is 0 Å². The Labute approximate surface area is 228 Å². The number of benzene rings is 2. The number of carbonyl (C=O) groups is 2. The number of nitro groups is 1. The van der Waals surface area contributed by atoms with Crippen molar-refractivity contribution in [2.24, 2.45) is 0 Å². The Bertz CT molecular complexity index is 1300. The zero-order valence-corrected chi connectivity index (χ0v) is 23.2. The van der Waals surface area contributed by atoms with Gasteiger partial charge in [0.05, 0.1) is 16.9 Å². The number of nitro benzene ring substituents is 1. The van der Waals surface area contributed by atoms with Gasteiger partial charge in [-0.15, -0.1) is 0 Å². The largest absolute Gasteiger partial charge is 0.352 e. The number of anilines is 1. The first-order valence-corrected chi connectivity index (χ1v) is 14.8. The highest BCUT2D eigenvalue weighted by Gasteiger charge is 2.33. The van der Waals surface area contributed by atoms with E-state index in [9.17, 15) is 32.5 Å². The maximum Gasteiger partial charge on any atom is 0.271 e. The van der Waals surface area contributed by atoms with Crippen LogP contribution in [-0.2, 0) is 26.2 Å². The molecule has 212 valence electrons. The molecule has 2 amide bonds. The van der Waals surface area contributed by atoms with Crippen LogP contribution >= 0.6 is 0 Å². The number of halogens is 1. The fraction of sp³-hybridized carbons (Fsp3) is 0.481. The second-order valence-electron chi connectivity index (χ2n) is 9.91. The molecule has 2 aromatic carbocycles. The van der Waals surface area contributed by atoms with E-state index in [0.717, 1.165) is 48.7 Å². The number of amides is 2. The van der Waals surface area contributed by atoms with Gasteiger partial charge < -0.3 is 10.2 Å². The summed E-state index contributed by atoms with van der Waals surface area (Å²) >= 11 is 0. The molecule has 2 aromatic rings. The summed E-state index contributed by atoms with van der Waals surface area (Å²) in [5.74, 6) is -1.46. The van der Waals surface area contributed by atoms with E-state index in [1.807, 2.05) is 0 Å². The van der Waals surface area contributed by atoms with Crippen LogP contribution in [0.1, 0.15) is 56.6 Å². The molecule has 1 saturated carbocycles. The standard InChI is InChI=1S/C27H35FN4O6S/c1-4-24(27(34)29-22-8-6-5-7-9-22)30(17-20-11-13-21(28)14-12-20)26(33)18-31(39(3,37)38)25-16-23(32(35)36)15-10-19(25)2/h10-16,22,24H,4-9,17-18H2,1-3H3,(H,29,34)/t24-/m0/s1. The summed E-state index contributed by atoms with van der Waals surface area (Å²) in [4.78, 5) is 39.2. The Kier molecular flexibility index (Phi) is 10.0. The molecular weight excluding hydrogens is 527 g/mol. The zero-order chi connectivity index (χ0) is 28.7. The molecule has 0 aromatic heterocycles. The normalized spacial score (nSPS) is 14.9. The molecule has 0 spiro atoms. The maximum atomic E-state index is 13.8. The fourth-order valence-electron chi connectivity index (χ4n) is 4.83. The molecule has 0 unspecified atom stereocenters. The Hall–Kier alpha value is -3.54. The summed E-state index contributed by atoms with van der Waals surface area (Å²) in [5.41, 5.74) is 0.664. The lowest BCUT2D eigenvalue weighted by Crippen LogP contribution is -2.54. The summed E-state index contributed by atoms with van der Waals surface area (Å²) in [6.07, 6.45) is 6.00. The Morgan fingerprint density at radius 3 is 2.33 bits per heavy atom. The Balaban J connectivity index is 1.97. The highest BCUT2D eigenvalue weighted by atomic mass is 32.2. The van der Waals surface area contributed by atoms with Crippen molar-refractivity contribution in [3.63, 3.8) is 0 Å². The molecule has 0 bridgehead atoms. The quantitative estimate of drug-likeness (QED) is 0.325. The number of carbonyl (C=O) groups excluding carboxylic acids is 2. The summed E-state index contributed by atoms with van der Waals surface area (Å²) in [6, 6.07) is 8.37. The van der Waals surface area contributed by atoms with E-state index < -0.39 is 39.3 Å². The van der Waals surface area contributed by atoms with Crippen molar-refractivity contribution in [3.8, 4) is 0 Å². The molecule has 12 heteroatoms. The van der Waals surface area contributed by atoms with E-state index in [4.69, 9.17) is 0 Å². The predicted octanol–water partition coefficient (Wildman–Crippen LogP) is 4.06. The molecular formula is C27H35FN4O6S.